The Kier molecular flexibility index (Phi) is 6.95. The Balaban J connectivity index is 1.55. The summed E-state index contributed by atoms with van der Waals surface area (Å²) in [5.41, 5.74) is 2.45. The van der Waals surface area contributed by atoms with Crippen LogP contribution in [0.1, 0.15) is 27.9 Å². The van der Waals surface area contributed by atoms with Crippen molar-refractivity contribution in [3.8, 4) is 5.75 Å². The van der Waals surface area contributed by atoms with Crippen molar-refractivity contribution in [3.63, 3.8) is 0 Å². The number of rotatable bonds is 8. The molecule has 0 bridgehead atoms. The van der Waals surface area contributed by atoms with Gasteiger partial charge in [-0.2, -0.15) is 5.10 Å². The number of hydrogen-bond donors (Lipinski definition) is 1. The summed E-state index contributed by atoms with van der Waals surface area (Å²) in [4.78, 5) is 12.6. The fourth-order valence-corrected chi connectivity index (χ4v) is 3.23. The summed E-state index contributed by atoms with van der Waals surface area (Å²) in [5.74, 6) is 0.349. The molecule has 3 rings (SSSR count). The topological polar surface area (TPSA) is 56.2 Å². The Morgan fingerprint density at radius 2 is 2.04 bits per heavy atom. The number of carbonyl (C=O) groups excluding carboxylic acids is 1. The lowest BCUT2D eigenvalue weighted by Crippen LogP contribution is -2.25. The van der Waals surface area contributed by atoms with Crippen LogP contribution in [0.15, 0.2) is 54.9 Å². The van der Waals surface area contributed by atoms with Gasteiger partial charge in [0.15, 0.2) is 0 Å². The molecule has 146 valence electrons. The Hall–Kier alpha value is -2.50. The normalized spacial score (nSPS) is 10.7. The van der Waals surface area contributed by atoms with Gasteiger partial charge in [0.05, 0.1) is 11.8 Å². The zero-order valence-electron chi connectivity index (χ0n) is 15.5. The van der Waals surface area contributed by atoms with Crippen molar-refractivity contribution >= 4 is 29.1 Å². The van der Waals surface area contributed by atoms with E-state index in [0.717, 1.165) is 24.0 Å². The average Bonchev–Trinajstić information content (AvgIpc) is 3.10. The van der Waals surface area contributed by atoms with Crippen molar-refractivity contribution in [3.05, 3.63) is 81.6 Å². The van der Waals surface area contributed by atoms with Gasteiger partial charge in [0.1, 0.15) is 12.4 Å². The second-order valence-corrected chi connectivity index (χ2v) is 7.25. The Labute approximate surface area is 174 Å². The third-order valence-electron chi connectivity index (χ3n) is 4.22. The van der Waals surface area contributed by atoms with Crippen molar-refractivity contribution in [2.24, 2.45) is 7.05 Å². The molecule has 1 aromatic heterocycles. The first-order valence-corrected chi connectivity index (χ1v) is 9.70. The highest BCUT2D eigenvalue weighted by Crippen LogP contribution is 2.24. The van der Waals surface area contributed by atoms with Crippen molar-refractivity contribution in [2.75, 3.05) is 6.54 Å². The molecule has 1 N–H and O–H groups in total. The van der Waals surface area contributed by atoms with Gasteiger partial charge in [-0.25, -0.2) is 0 Å². The molecular weight excluding hydrogens is 397 g/mol. The molecule has 1 amide bonds. The number of para-hydroxylation sites is 1. The minimum absolute atomic E-state index is 0.163. The van der Waals surface area contributed by atoms with Crippen LogP contribution in [0.4, 0.5) is 0 Å². The van der Waals surface area contributed by atoms with Crippen LogP contribution in [-0.4, -0.2) is 22.2 Å². The highest BCUT2D eigenvalue weighted by Gasteiger charge is 2.12. The van der Waals surface area contributed by atoms with E-state index in [2.05, 4.69) is 10.4 Å². The van der Waals surface area contributed by atoms with Gasteiger partial charge in [-0.1, -0.05) is 41.4 Å². The number of amides is 1. The zero-order chi connectivity index (χ0) is 19.9. The number of halogens is 2. The van der Waals surface area contributed by atoms with E-state index in [4.69, 9.17) is 27.9 Å². The summed E-state index contributed by atoms with van der Waals surface area (Å²) in [5, 5.41) is 8.19. The summed E-state index contributed by atoms with van der Waals surface area (Å²) in [7, 11) is 1.89. The summed E-state index contributed by atoms with van der Waals surface area (Å²) in [6, 6.07) is 12.4. The molecule has 0 radical (unpaired) electrons. The molecular formula is C21H21Cl2N3O2. The van der Waals surface area contributed by atoms with Gasteiger partial charge in [-0.15, -0.1) is 0 Å². The largest absolute Gasteiger partial charge is 0.488 e. The number of nitrogens with zero attached hydrogens (tertiary/aromatic N) is 2. The van der Waals surface area contributed by atoms with E-state index < -0.39 is 0 Å². The molecule has 7 heteroatoms. The number of benzene rings is 2. The van der Waals surface area contributed by atoms with Gasteiger partial charge in [-0.3, -0.25) is 9.48 Å². The first-order valence-electron chi connectivity index (χ1n) is 8.94. The van der Waals surface area contributed by atoms with Crippen LogP contribution in [0.3, 0.4) is 0 Å². The molecule has 0 saturated carbocycles. The van der Waals surface area contributed by atoms with Crippen LogP contribution in [0.25, 0.3) is 0 Å². The van der Waals surface area contributed by atoms with Crippen LogP contribution >= 0.6 is 23.2 Å². The molecule has 5 nitrogen and oxygen atoms in total. The minimum atomic E-state index is -0.163. The van der Waals surface area contributed by atoms with Crippen LogP contribution in [-0.2, 0) is 20.1 Å². The fraction of sp³-hybridized carbons (Fsp3) is 0.238. The molecule has 2 aromatic carbocycles. The van der Waals surface area contributed by atoms with Crippen molar-refractivity contribution in [1.29, 1.82) is 0 Å². The van der Waals surface area contributed by atoms with E-state index in [9.17, 15) is 4.79 Å². The molecule has 3 aromatic rings. The van der Waals surface area contributed by atoms with Gasteiger partial charge in [-0.05, 0) is 42.7 Å². The van der Waals surface area contributed by atoms with Gasteiger partial charge in [0.2, 0.25) is 0 Å². The number of aryl methyl sites for hydroxylation is 2. The lowest BCUT2D eigenvalue weighted by atomic mass is 10.1. The van der Waals surface area contributed by atoms with Crippen molar-refractivity contribution in [1.82, 2.24) is 15.1 Å². The predicted octanol–water partition coefficient (Wildman–Crippen LogP) is 4.67. The van der Waals surface area contributed by atoms with Crippen LogP contribution < -0.4 is 10.1 Å². The maximum atomic E-state index is 12.6. The minimum Gasteiger partial charge on any atom is -0.488 e. The summed E-state index contributed by atoms with van der Waals surface area (Å²) >= 11 is 12.1. The van der Waals surface area contributed by atoms with E-state index in [1.807, 2.05) is 37.6 Å². The fourth-order valence-electron chi connectivity index (χ4n) is 2.76. The Morgan fingerprint density at radius 3 is 2.79 bits per heavy atom. The van der Waals surface area contributed by atoms with Gasteiger partial charge in [0.25, 0.3) is 5.91 Å². The standard InChI is InChI=1S/C21H21Cl2N3O2/c1-26-13-15(12-25-26)5-4-10-24-21(27)18-6-2-3-7-20(18)28-14-16-8-9-17(22)11-19(16)23/h2-3,6-9,11-13H,4-5,10,14H2,1H3,(H,24,27). The van der Waals surface area contributed by atoms with E-state index in [1.165, 1.54) is 0 Å². The molecule has 1 heterocycles. The van der Waals surface area contributed by atoms with Crippen molar-refractivity contribution in [2.45, 2.75) is 19.4 Å². The third kappa shape index (κ3) is 5.50. The number of nitrogens with one attached hydrogen (secondary N) is 1. The molecule has 0 aliphatic rings. The lowest BCUT2D eigenvalue weighted by molar-refractivity contribution is 0.0948. The first kappa shape index (κ1) is 20.2. The maximum absolute atomic E-state index is 12.6. The molecule has 0 aliphatic heterocycles. The lowest BCUT2D eigenvalue weighted by Gasteiger charge is -2.12. The second kappa shape index (κ2) is 9.62. The Bertz CT molecular complexity index is 956. The van der Waals surface area contributed by atoms with E-state index in [-0.39, 0.29) is 12.5 Å². The van der Waals surface area contributed by atoms with Crippen LogP contribution in [0.5, 0.6) is 5.75 Å². The molecule has 0 spiro atoms. The van der Waals surface area contributed by atoms with E-state index in [1.54, 1.807) is 28.9 Å². The van der Waals surface area contributed by atoms with E-state index >= 15 is 0 Å². The SMILES string of the molecule is Cn1cc(CCCNC(=O)c2ccccc2OCc2ccc(Cl)cc2Cl)cn1. The molecule has 0 atom stereocenters. The van der Waals surface area contributed by atoms with Gasteiger partial charge < -0.3 is 10.1 Å². The maximum Gasteiger partial charge on any atom is 0.255 e. The zero-order valence-corrected chi connectivity index (χ0v) is 17.0. The summed E-state index contributed by atoms with van der Waals surface area (Å²) < 4.78 is 7.62. The second-order valence-electron chi connectivity index (χ2n) is 6.40. The summed E-state index contributed by atoms with van der Waals surface area (Å²) in [6.07, 6.45) is 5.52. The molecule has 0 saturated heterocycles. The van der Waals surface area contributed by atoms with Crippen LogP contribution in [0.2, 0.25) is 10.0 Å². The predicted molar refractivity (Wildman–Crippen MR) is 111 cm³/mol. The van der Waals surface area contributed by atoms with Gasteiger partial charge in [0, 0.05) is 35.4 Å². The Morgan fingerprint density at radius 1 is 1.21 bits per heavy atom. The monoisotopic (exact) mass is 417 g/mol. The van der Waals surface area contributed by atoms with Gasteiger partial charge >= 0.3 is 0 Å². The third-order valence-corrected chi connectivity index (χ3v) is 4.80. The molecule has 0 aliphatic carbocycles. The average molecular weight is 418 g/mol. The smallest absolute Gasteiger partial charge is 0.255 e. The molecule has 28 heavy (non-hydrogen) atoms. The number of carbonyl (C=O) groups is 1. The van der Waals surface area contributed by atoms with Crippen LogP contribution in [0, 0.1) is 0 Å². The highest BCUT2D eigenvalue weighted by molar-refractivity contribution is 6.35. The number of aromatic nitrogens is 2. The molecule has 0 fully saturated rings. The number of hydrogen-bond acceptors (Lipinski definition) is 3. The highest BCUT2D eigenvalue weighted by atomic mass is 35.5. The quantitative estimate of drug-likeness (QED) is 0.541. The first-order chi connectivity index (χ1) is 13.5. The summed E-state index contributed by atoms with van der Waals surface area (Å²) in [6.45, 7) is 0.826. The van der Waals surface area contributed by atoms with Crippen molar-refractivity contribution < 1.29 is 9.53 Å². The van der Waals surface area contributed by atoms with E-state index in [0.29, 0.717) is 27.9 Å². The molecule has 0 unspecified atom stereocenters. The number of ether oxygens (including phenoxy) is 1.